The molecule has 2 N–H and O–H groups in total. The van der Waals surface area contributed by atoms with Crippen molar-refractivity contribution in [3.63, 3.8) is 0 Å². The Morgan fingerprint density at radius 2 is 2.19 bits per heavy atom. The summed E-state index contributed by atoms with van der Waals surface area (Å²) in [5, 5.41) is 11.3. The Bertz CT molecular complexity index is 542. The van der Waals surface area contributed by atoms with Gasteiger partial charge in [0.25, 0.3) is 5.91 Å². The summed E-state index contributed by atoms with van der Waals surface area (Å²) < 4.78 is 18.7. The Morgan fingerprint density at radius 3 is 2.81 bits per heavy atom. The van der Waals surface area contributed by atoms with E-state index in [0.29, 0.717) is 6.54 Å². The van der Waals surface area contributed by atoms with Crippen molar-refractivity contribution in [2.75, 3.05) is 6.54 Å². The van der Waals surface area contributed by atoms with Gasteiger partial charge in [0, 0.05) is 18.2 Å². The third kappa shape index (κ3) is 5.64. The third-order valence-electron chi connectivity index (χ3n) is 2.60. The number of nitrogens with one attached hydrogen (secondary N) is 1. The third-order valence-corrected chi connectivity index (χ3v) is 2.60. The van der Waals surface area contributed by atoms with Crippen LogP contribution in [-0.4, -0.2) is 29.6 Å². The fourth-order valence-electron chi connectivity index (χ4n) is 1.55. The summed E-state index contributed by atoms with van der Waals surface area (Å²) in [7, 11) is 0. The van der Waals surface area contributed by atoms with E-state index in [4.69, 9.17) is 9.84 Å². The minimum absolute atomic E-state index is 0.244. The number of aliphatic carboxylic acids is 1. The zero-order valence-electron chi connectivity index (χ0n) is 11.9. The van der Waals surface area contributed by atoms with Crippen molar-refractivity contribution in [3.05, 3.63) is 35.7 Å². The van der Waals surface area contributed by atoms with Gasteiger partial charge < -0.3 is 15.2 Å². The van der Waals surface area contributed by atoms with E-state index in [1.165, 1.54) is 18.2 Å². The molecule has 1 rings (SSSR count). The predicted octanol–water partition coefficient (Wildman–Crippen LogP) is 2.22. The lowest BCUT2D eigenvalue weighted by Crippen LogP contribution is -2.36. The summed E-state index contributed by atoms with van der Waals surface area (Å²) >= 11 is 0. The van der Waals surface area contributed by atoms with Crippen LogP contribution in [0.3, 0.4) is 0 Å². The topological polar surface area (TPSA) is 75.6 Å². The molecule has 114 valence electrons. The van der Waals surface area contributed by atoms with Crippen LogP contribution in [0.15, 0.2) is 24.3 Å². The largest absolute Gasteiger partial charge is 0.480 e. The van der Waals surface area contributed by atoms with E-state index < -0.39 is 17.9 Å². The van der Waals surface area contributed by atoms with Crippen LogP contribution in [0, 0.1) is 5.82 Å². The van der Waals surface area contributed by atoms with Gasteiger partial charge in [-0.3, -0.25) is 4.79 Å². The van der Waals surface area contributed by atoms with Gasteiger partial charge in [0.1, 0.15) is 11.6 Å². The van der Waals surface area contributed by atoms with Crippen LogP contribution >= 0.6 is 0 Å². The second-order valence-electron chi connectivity index (χ2n) is 4.40. The second kappa shape index (κ2) is 8.04. The van der Waals surface area contributed by atoms with Gasteiger partial charge in [-0.1, -0.05) is 6.92 Å². The minimum atomic E-state index is -1.15. The van der Waals surface area contributed by atoms with Gasteiger partial charge in [0.05, 0.1) is 0 Å². The van der Waals surface area contributed by atoms with E-state index >= 15 is 0 Å². The normalized spacial score (nSPS) is 12.1. The minimum Gasteiger partial charge on any atom is -0.480 e. The van der Waals surface area contributed by atoms with Gasteiger partial charge in [-0.15, -0.1) is 0 Å². The molecule has 0 aliphatic carbocycles. The van der Waals surface area contributed by atoms with Crippen LogP contribution < -0.4 is 10.1 Å². The SMILES string of the molecule is CCCNC(=O)C(C)Oc1ccc(F)cc1/C=C/C(=O)O. The van der Waals surface area contributed by atoms with Crippen LogP contribution in [0.4, 0.5) is 4.39 Å². The van der Waals surface area contributed by atoms with Crippen LogP contribution in [0.1, 0.15) is 25.8 Å². The number of amides is 1. The number of carboxylic acid groups (broad SMARTS) is 1. The number of ether oxygens (including phenoxy) is 1. The van der Waals surface area contributed by atoms with Crippen LogP contribution in [0.25, 0.3) is 6.08 Å². The van der Waals surface area contributed by atoms with Gasteiger partial charge in [0.2, 0.25) is 0 Å². The molecule has 0 bridgehead atoms. The number of halogens is 1. The van der Waals surface area contributed by atoms with Gasteiger partial charge in [-0.2, -0.15) is 0 Å². The van der Waals surface area contributed by atoms with E-state index in [-0.39, 0.29) is 17.2 Å². The highest BCUT2D eigenvalue weighted by Crippen LogP contribution is 2.22. The average molecular weight is 295 g/mol. The molecule has 0 fully saturated rings. The molecule has 0 aliphatic rings. The molecule has 0 saturated carbocycles. The molecule has 1 amide bonds. The number of carbonyl (C=O) groups excluding carboxylic acids is 1. The molecule has 21 heavy (non-hydrogen) atoms. The predicted molar refractivity (Wildman–Crippen MR) is 76.5 cm³/mol. The van der Waals surface area contributed by atoms with Crippen molar-refractivity contribution in [2.45, 2.75) is 26.4 Å². The van der Waals surface area contributed by atoms with E-state index in [9.17, 15) is 14.0 Å². The first-order valence-electron chi connectivity index (χ1n) is 6.59. The lowest BCUT2D eigenvalue weighted by Gasteiger charge is -2.16. The second-order valence-corrected chi connectivity index (χ2v) is 4.40. The molecular weight excluding hydrogens is 277 g/mol. The summed E-state index contributed by atoms with van der Waals surface area (Å²) in [6.45, 7) is 4.04. The molecule has 1 aromatic carbocycles. The van der Waals surface area contributed by atoms with Crippen molar-refractivity contribution in [1.29, 1.82) is 0 Å². The number of benzene rings is 1. The number of hydrogen-bond donors (Lipinski definition) is 2. The van der Waals surface area contributed by atoms with E-state index in [2.05, 4.69) is 5.32 Å². The first-order valence-corrected chi connectivity index (χ1v) is 6.59. The maximum Gasteiger partial charge on any atom is 0.328 e. The number of rotatable bonds is 7. The van der Waals surface area contributed by atoms with Gasteiger partial charge >= 0.3 is 5.97 Å². The summed E-state index contributed by atoms with van der Waals surface area (Å²) in [5.74, 6) is -1.71. The molecule has 1 atom stereocenters. The summed E-state index contributed by atoms with van der Waals surface area (Å²) in [6.07, 6.45) is 2.14. The standard InChI is InChI=1S/C15H18FNO4/c1-3-8-17-15(20)10(2)21-13-6-5-12(16)9-11(13)4-7-14(18)19/h4-7,9-10H,3,8H2,1-2H3,(H,17,20)(H,18,19)/b7-4+. The lowest BCUT2D eigenvalue weighted by atomic mass is 10.1. The lowest BCUT2D eigenvalue weighted by molar-refractivity contribution is -0.131. The van der Waals surface area contributed by atoms with Gasteiger partial charge in [0.15, 0.2) is 6.10 Å². The van der Waals surface area contributed by atoms with E-state index in [1.807, 2.05) is 6.92 Å². The molecule has 0 aromatic heterocycles. The summed E-state index contributed by atoms with van der Waals surface area (Å²) in [6, 6.07) is 3.69. The van der Waals surface area contributed by atoms with Crippen molar-refractivity contribution < 1.29 is 23.8 Å². The van der Waals surface area contributed by atoms with E-state index in [1.54, 1.807) is 6.92 Å². The molecular formula is C15H18FNO4. The molecule has 0 heterocycles. The maximum absolute atomic E-state index is 13.2. The molecule has 0 aliphatic heterocycles. The van der Waals surface area contributed by atoms with Crippen molar-refractivity contribution >= 4 is 18.0 Å². The first kappa shape index (κ1) is 16.7. The smallest absolute Gasteiger partial charge is 0.328 e. The molecule has 5 nitrogen and oxygen atoms in total. The van der Waals surface area contributed by atoms with Crippen molar-refractivity contribution in [3.8, 4) is 5.75 Å². The van der Waals surface area contributed by atoms with E-state index in [0.717, 1.165) is 18.6 Å². The zero-order valence-corrected chi connectivity index (χ0v) is 11.9. The van der Waals surface area contributed by atoms with Gasteiger partial charge in [-0.05, 0) is 37.6 Å². The Balaban J connectivity index is 2.87. The van der Waals surface area contributed by atoms with Gasteiger partial charge in [-0.25, -0.2) is 9.18 Å². The Morgan fingerprint density at radius 1 is 1.48 bits per heavy atom. The molecule has 6 heteroatoms. The fourth-order valence-corrected chi connectivity index (χ4v) is 1.55. The molecule has 0 saturated heterocycles. The van der Waals surface area contributed by atoms with Crippen molar-refractivity contribution in [1.82, 2.24) is 5.32 Å². The maximum atomic E-state index is 13.2. The highest BCUT2D eigenvalue weighted by molar-refractivity contribution is 5.86. The molecule has 1 aromatic rings. The number of carbonyl (C=O) groups is 2. The Hall–Kier alpha value is -2.37. The highest BCUT2D eigenvalue weighted by atomic mass is 19.1. The first-order chi connectivity index (χ1) is 9.93. The number of carboxylic acids is 1. The Kier molecular flexibility index (Phi) is 6.39. The van der Waals surface area contributed by atoms with Crippen LogP contribution in [0.2, 0.25) is 0 Å². The number of hydrogen-bond acceptors (Lipinski definition) is 3. The monoisotopic (exact) mass is 295 g/mol. The van der Waals surface area contributed by atoms with Crippen LogP contribution in [0.5, 0.6) is 5.75 Å². The zero-order chi connectivity index (χ0) is 15.8. The average Bonchev–Trinajstić information content (AvgIpc) is 2.44. The van der Waals surface area contributed by atoms with Crippen LogP contribution in [-0.2, 0) is 9.59 Å². The molecule has 0 spiro atoms. The Labute approximate surface area is 122 Å². The quantitative estimate of drug-likeness (QED) is 0.756. The highest BCUT2D eigenvalue weighted by Gasteiger charge is 2.15. The fraction of sp³-hybridized carbons (Fsp3) is 0.333. The summed E-state index contributed by atoms with van der Waals surface area (Å²) in [5.41, 5.74) is 0.257. The summed E-state index contributed by atoms with van der Waals surface area (Å²) in [4.78, 5) is 22.3. The van der Waals surface area contributed by atoms with Crippen molar-refractivity contribution in [2.24, 2.45) is 0 Å². The molecule has 1 unspecified atom stereocenters. The molecule has 0 radical (unpaired) electrons.